The lowest BCUT2D eigenvalue weighted by Crippen LogP contribution is -2.30. The van der Waals surface area contributed by atoms with Crippen LogP contribution >= 0.6 is 0 Å². The first-order valence-electron chi connectivity index (χ1n) is 10.6. The molecule has 0 spiro atoms. The fraction of sp³-hybridized carbons (Fsp3) is 0.304. The monoisotopic (exact) mass is 467 g/mol. The Hall–Kier alpha value is -3.99. The number of hydrogen-bond acceptors (Lipinski definition) is 8. The molecule has 11 heteroatoms. The van der Waals surface area contributed by atoms with Crippen molar-refractivity contribution in [3.05, 3.63) is 53.7 Å². The summed E-state index contributed by atoms with van der Waals surface area (Å²) in [7, 11) is 4.77. The molecule has 1 aliphatic rings. The number of benzene rings is 1. The molecule has 2 aromatic heterocycles. The first-order chi connectivity index (χ1) is 16.4. The quantitative estimate of drug-likeness (QED) is 0.545. The van der Waals surface area contributed by atoms with Crippen molar-refractivity contribution in [3.8, 4) is 11.5 Å². The number of aromatic nitrogens is 3. The predicted octanol–water partition coefficient (Wildman–Crippen LogP) is 1.75. The summed E-state index contributed by atoms with van der Waals surface area (Å²) in [5.41, 5.74) is 6.58. The fourth-order valence-electron chi connectivity index (χ4n) is 3.59. The maximum Gasteiger partial charge on any atom is 0.216 e. The SMILES string of the molecule is COc1cc(N=c2ccc3ncc(C4=CN(C)NC4)nc3n2CCNC(C)=O)c(F)c(OC)c1. The van der Waals surface area contributed by atoms with Gasteiger partial charge in [0.05, 0.1) is 26.1 Å². The maximum atomic E-state index is 15.0. The molecule has 4 rings (SSSR count). The zero-order valence-electron chi connectivity index (χ0n) is 19.4. The van der Waals surface area contributed by atoms with Gasteiger partial charge in [-0.2, -0.15) is 0 Å². The number of amides is 1. The molecule has 10 nitrogen and oxygen atoms in total. The van der Waals surface area contributed by atoms with Gasteiger partial charge in [-0.1, -0.05) is 0 Å². The Morgan fingerprint density at radius 1 is 1.29 bits per heavy atom. The number of hydrazine groups is 1. The van der Waals surface area contributed by atoms with Gasteiger partial charge in [-0.05, 0) is 12.1 Å². The lowest BCUT2D eigenvalue weighted by molar-refractivity contribution is -0.118. The summed E-state index contributed by atoms with van der Waals surface area (Å²) in [6.07, 6.45) is 3.67. The highest BCUT2D eigenvalue weighted by atomic mass is 19.1. The third-order valence-electron chi connectivity index (χ3n) is 5.29. The molecule has 0 bridgehead atoms. The van der Waals surface area contributed by atoms with Crippen molar-refractivity contribution in [1.82, 2.24) is 30.3 Å². The van der Waals surface area contributed by atoms with Crippen molar-refractivity contribution >= 4 is 28.3 Å². The van der Waals surface area contributed by atoms with E-state index in [2.05, 4.69) is 20.7 Å². The average molecular weight is 468 g/mol. The summed E-state index contributed by atoms with van der Waals surface area (Å²) in [5.74, 6) is -0.327. The van der Waals surface area contributed by atoms with Crippen LogP contribution in [0.15, 0.2) is 41.7 Å². The van der Waals surface area contributed by atoms with Crippen LogP contribution in [-0.4, -0.2) is 59.8 Å². The van der Waals surface area contributed by atoms with E-state index in [0.717, 1.165) is 5.57 Å². The third kappa shape index (κ3) is 4.84. The summed E-state index contributed by atoms with van der Waals surface area (Å²) < 4.78 is 27.2. The summed E-state index contributed by atoms with van der Waals surface area (Å²) in [5, 5.41) is 4.64. The van der Waals surface area contributed by atoms with Crippen LogP contribution in [0.1, 0.15) is 12.6 Å². The van der Waals surface area contributed by atoms with Crippen LogP contribution in [-0.2, 0) is 11.3 Å². The van der Waals surface area contributed by atoms with Gasteiger partial charge < -0.3 is 24.4 Å². The number of carbonyl (C=O) groups excluding carboxylic acids is 1. The maximum absolute atomic E-state index is 15.0. The minimum atomic E-state index is -0.609. The van der Waals surface area contributed by atoms with Gasteiger partial charge in [0, 0.05) is 57.5 Å². The van der Waals surface area contributed by atoms with Crippen LogP contribution in [0.4, 0.5) is 10.1 Å². The number of nitrogens with zero attached hydrogens (tertiary/aromatic N) is 5. The topological polar surface area (TPSA) is 106 Å². The molecule has 34 heavy (non-hydrogen) atoms. The van der Waals surface area contributed by atoms with Gasteiger partial charge >= 0.3 is 0 Å². The fourth-order valence-corrected chi connectivity index (χ4v) is 3.59. The Labute approximate surface area is 195 Å². The smallest absolute Gasteiger partial charge is 0.216 e. The van der Waals surface area contributed by atoms with E-state index in [4.69, 9.17) is 14.5 Å². The molecule has 178 valence electrons. The van der Waals surface area contributed by atoms with Crippen molar-refractivity contribution < 1.29 is 18.7 Å². The Kier molecular flexibility index (Phi) is 6.73. The third-order valence-corrected chi connectivity index (χ3v) is 5.29. The summed E-state index contributed by atoms with van der Waals surface area (Å²) in [6, 6.07) is 6.47. The molecule has 1 amide bonds. The number of pyridine rings is 1. The molecule has 1 aromatic carbocycles. The predicted molar refractivity (Wildman–Crippen MR) is 125 cm³/mol. The molecule has 0 saturated heterocycles. The van der Waals surface area contributed by atoms with E-state index in [1.54, 1.807) is 22.9 Å². The van der Waals surface area contributed by atoms with Crippen LogP contribution < -0.4 is 25.7 Å². The van der Waals surface area contributed by atoms with E-state index >= 15 is 0 Å². The number of hydrogen-bond donors (Lipinski definition) is 2. The summed E-state index contributed by atoms with van der Waals surface area (Å²) in [6.45, 7) is 2.77. The van der Waals surface area contributed by atoms with E-state index < -0.39 is 5.82 Å². The number of methoxy groups -OCH3 is 2. The molecule has 3 heterocycles. The zero-order chi connectivity index (χ0) is 24.2. The number of ether oxygens (including phenoxy) is 2. The largest absolute Gasteiger partial charge is 0.497 e. The lowest BCUT2D eigenvalue weighted by Gasteiger charge is -2.13. The average Bonchev–Trinajstić information content (AvgIpc) is 3.27. The van der Waals surface area contributed by atoms with Crippen molar-refractivity contribution in [2.24, 2.45) is 4.99 Å². The Bertz CT molecular complexity index is 1340. The van der Waals surface area contributed by atoms with Gasteiger partial charge in [0.2, 0.25) is 5.91 Å². The van der Waals surface area contributed by atoms with Crippen LogP contribution in [0.25, 0.3) is 16.7 Å². The molecule has 1 aliphatic heterocycles. The van der Waals surface area contributed by atoms with E-state index in [0.29, 0.717) is 47.7 Å². The number of halogens is 1. The first-order valence-corrected chi connectivity index (χ1v) is 10.6. The first kappa shape index (κ1) is 23.2. The molecular weight excluding hydrogens is 441 g/mol. The Morgan fingerprint density at radius 2 is 2.12 bits per heavy atom. The Balaban J connectivity index is 1.90. The molecular formula is C23H26FN7O3. The minimum absolute atomic E-state index is 0.0237. The summed E-state index contributed by atoms with van der Waals surface area (Å²) in [4.78, 5) is 25.4. The second-order valence-electron chi connectivity index (χ2n) is 7.66. The van der Waals surface area contributed by atoms with Gasteiger partial charge in [-0.15, -0.1) is 0 Å². The highest BCUT2D eigenvalue weighted by Crippen LogP contribution is 2.32. The van der Waals surface area contributed by atoms with Crippen molar-refractivity contribution in [2.75, 3.05) is 34.4 Å². The van der Waals surface area contributed by atoms with Gasteiger partial charge in [0.15, 0.2) is 17.2 Å². The van der Waals surface area contributed by atoms with Gasteiger partial charge in [0.25, 0.3) is 0 Å². The van der Waals surface area contributed by atoms with Crippen molar-refractivity contribution in [3.63, 3.8) is 0 Å². The van der Waals surface area contributed by atoms with Gasteiger partial charge in [-0.3, -0.25) is 9.78 Å². The molecule has 0 unspecified atom stereocenters. The van der Waals surface area contributed by atoms with Crippen LogP contribution in [0.5, 0.6) is 11.5 Å². The molecule has 2 N–H and O–H groups in total. The lowest BCUT2D eigenvalue weighted by atomic mass is 10.2. The second kappa shape index (κ2) is 9.87. The molecule has 0 atom stereocenters. The molecule has 0 radical (unpaired) electrons. The van der Waals surface area contributed by atoms with Crippen molar-refractivity contribution in [1.29, 1.82) is 0 Å². The van der Waals surface area contributed by atoms with Crippen LogP contribution in [0.3, 0.4) is 0 Å². The van der Waals surface area contributed by atoms with E-state index in [1.807, 2.05) is 18.3 Å². The Morgan fingerprint density at radius 3 is 2.79 bits per heavy atom. The summed E-state index contributed by atoms with van der Waals surface area (Å²) >= 11 is 0. The highest BCUT2D eigenvalue weighted by molar-refractivity contribution is 5.74. The normalized spacial score (nSPS) is 13.9. The standard InChI is InChI=1S/C23H26FN7O3/c1-14(32)25-7-8-31-21(28-18-9-16(33-3)10-20(34-4)22(18)24)6-5-17-23(31)29-19(12-26-17)15-11-27-30(2)13-15/h5-6,9-10,12-13,27H,7-8,11H2,1-4H3,(H,25,32). The number of carbonyl (C=O) groups is 1. The van der Waals surface area contributed by atoms with Gasteiger partial charge in [0.1, 0.15) is 22.4 Å². The van der Waals surface area contributed by atoms with E-state index in [1.165, 1.54) is 33.3 Å². The number of rotatable bonds is 7. The number of nitrogens with one attached hydrogen (secondary N) is 2. The molecule has 0 fully saturated rings. The van der Waals surface area contributed by atoms with Crippen molar-refractivity contribution in [2.45, 2.75) is 13.5 Å². The molecule has 0 saturated carbocycles. The minimum Gasteiger partial charge on any atom is -0.497 e. The van der Waals surface area contributed by atoms with E-state index in [9.17, 15) is 9.18 Å². The highest BCUT2D eigenvalue weighted by Gasteiger charge is 2.15. The van der Waals surface area contributed by atoms with Crippen LogP contribution in [0, 0.1) is 5.82 Å². The van der Waals surface area contributed by atoms with E-state index in [-0.39, 0.29) is 17.3 Å². The molecule has 3 aromatic rings. The van der Waals surface area contributed by atoms with Crippen LogP contribution in [0.2, 0.25) is 0 Å². The second-order valence-corrected chi connectivity index (χ2v) is 7.66. The molecule has 0 aliphatic carbocycles. The van der Waals surface area contributed by atoms with Gasteiger partial charge in [-0.25, -0.2) is 19.8 Å². The number of fused-ring (bicyclic) bond motifs is 1. The zero-order valence-corrected chi connectivity index (χ0v) is 19.4.